The Balaban J connectivity index is 1.87. The first-order valence-corrected chi connectivity index (χ1v) is 8.26. The second-order valence-corrected chi connectivity index (χ2v) is 7.18. The van der Waals surface area contributed by atoms with Gasteiger partial charge in [-0.2, -0.15) is 0 Å². The predicted octanol–water partition coefficient (Wildman–Crippen LogP) is -0.0273. The molecule has 4 amide bonds. The fraction of sp³-hybridized carbons (Fsp3) is 0.444. The van der Waals surface area contributed by atoms with Crippen LogP contribution in [0.15, 0.2) is 30.3 Å². The van der Waals surface area contributed by atoms with Gasteiger partial charge >= 0.3 is 0 Å². The molecular weight excluding hydrogens is 322 g/mol. The van der Waals surface area contributed by atoms with Crippen molar-refractivity contribution < 1.29 is 19.2 Å². The van der Waals surface area contributed by atoms with Crippen LogP contribution in [0.1, 0.15) is 17.3 Å². The number of likely N-dealkylation sites (N-methyl/N-ethyl adjacent to an activating group) is 1. The fourth-order valence-electron chi connectivity index (χ4n) is 4.73. The first kappa shape index (κ1) is 15.8. The second-order valence-electron chi connectivity index (χ2n) is 7.18. The van der Waals surface area contributed by atoms with Crippen LogP contribution in [0, 0.1) is 11.8 Å². The lowest BCUT2D eigenvalue weighted by molar-refractivity contribution is -0.153. The van der Waals surface area contributed by atoms with E-state index in [4.69, 9.17) is 0 Å². The molecule has 0 aliphatic carbocycles. The number of fused-ring (bicyclic) bond motifs is 5. The summed E-state index contributed by atoms with van der Waals surface area (Å²) in [5.74, 6) is -2.78. The molecule has 0 unspecified atom stereocenters. The van der Waals surface area contributed by atoms with Crippen LogP contribution in [-0.4, -0.2) is 70.5 Å². The molecule has 3 saturated heterocycles. The zero-order valence-corrected chi connectivity index (χ0v) is 14.3. The Labute approximate surface area is 145 Å². The number of piperazine rings is 1. The lowest BCUT2D eigenvalue weighted by atomic mass is 9.81. The largest absolute Gasteiger partial charge is 0.342 e. The molecule has 4 rings (SSSR count). The van der Waals surface area contributed by atoms with Crippen molar-refractivity contribution in [3.05, 3.63) is 35.9 Å². The van der Waals surface area contributed by atoms with E-state index in [0.717, 1.165) is 4.90 Å². The first-order chi connectivity index (χ1) is 11.8. The monoisotopic (exact) mass is 341 g/mol. The minimum atomic E-state index is -1.34. The third-order valence-corrected chi connectivity index (χ3v) is 5.90. The Morgan fingerprint density at radius 3 is 2.36 bits per heavy atom. The summed E-state index contributed by atoms with van der Waals surface area (Å²) in [7, 11) is 3.09. The molecule has 3 fully saturated rings. The third-order valence-electron chi connectivity index (χ3n) is 5.90. The number of carbonyl (C=O) groups excluding carboxylic acids is 4. The molecule has 3 aliphatic rings. The molecule has 3 aliphatic heterocycles. The van der Waals surface area contributed by atoms with Gasteiger partial charge in [0.2, 0.25) is 17.7 Å². The van der Waals surface area contributed by atoms with Crippen molar-refractivity contribution in [1.29, 1.82) is 0 Å². The molecule has 0 spiro atoms. The maximum Gasteiger partial charge on any atom is 0.255 e. The van der Waals surface area contributed by atoms with Crippen molar-refractivity contribution in [3.8, 4) is 0 Å². The summed E-state index contributed by atoms with van der Waals surface area (Å²) in [5, 5.41) is 0. The standard InChI is InChI=1S/C18H19N3O4/c1-18-13-12(15(23)20(3)16(13)24)11(9-19(2)17(18)25)21(18)14(22)10-7-5-4-6-8-10/h4-8,11-13H,9H2,1-3H3/t11-,12+,13-,18-/m1/s1. The number of hydrogen-bond acceptors (Lipinski definition) is 4. The minimum Gasteiger partial charge on any atom is -0.342 e. The van der Waals surface area contributed by atoms with Crippen molar-refractivity contribution in [2.24, 2.45) is 11.8 Å². The summed E-state index contributed by atoms with van der Waals surface area (Å²) >= 11 is 0. The number of carbonyl (C=O) groups is 4. The average Bonchev–Trinajstić information content (AvgIpc) is 2.97. The Bertz CT molecular complexity index is 808. The maximum absolute atomic E-state index is 13.2. The number of rotatable bonds is 1. The highest BCUT2D eigenvalue weighted by Gasteiger charge is 2.73. The van der Waals surface area contributed by atoms with Crippen molar-refractivity contribution >= 4 is 23.6 Å². The molecule has 7 nitrogen and oxygen atoms in total. The van der Waals surface area contributed by atoms with Gasteiger partial charge < -0.3 is 9.80 Å². The van der Waals surface area contributed by atoms with E-state index < -0.39 is 23.4 Å². The molecule has 7 heteroatoms. The van der Waals surface area contributed by atoms with Crippen LogP contribution in [-0.2, 0) is 14.4 Å². The molecule has 4 atom stereocenters. The lowest BCUT2D eigenvalue weighted by Crippen LogP contribution is -2.67. The smallest absolute Gasteiger partial charge is 0.255 e. The number of amides is 4. The highest BCUT2D eigenvalue weighted by molar-refractivity contribution is 6.12. The van der Waals surface area contributed by atoms with Gasteiger partial charge in [-0.3, -0.25) is 24.1 Å². The molecule has 0 radical (unpaired) electrons. The molecule has 1 aromatic rings. The zero-order chi connectivity index (χ0) is 18.1. The Morgan fingerprint density at radius 1 is 1.08 bits per heavy atom. The summed E-state index contributed by atoms with van der Waals surface area (Å²) in [5.41, 5.74) is -0.892. The van der Waals surface area contributed by atoms with Crippen LogP contribution in [0.3, 0.4) is 0 Å². The van der Waals surface area contributed by atoms with Crippen LogP contribution in [0.5, 0.6) is 0 Å². The molecular formula is C18H19N3O4. The van der Waals surface area contributed by atoms with E-state index in [1.54, 1.807) is 44.3 Å². The Hall–Kier alpha value is -2.70. The first-order valence-electron chi connectivity index (χ1n) is 8.26. The van der Waals surface area contributed by atoms with E-state index in [0.29, 0.717) is 5.56 Å². The quantitative estimate of drug-likeness (QED) is 0.672. The van der Waals surface area contributed by atoms with Gasteiger partial charge in [-0.25, -0.2) is 0 Å². The number of benzene rings is 1. The van der Waals surface area contributed by atoms with Crippen LogP contribution in [0.4, 0.5) is 0 Å². The van der Waals surface area contributed by atoms with Gasteiger partial charge in [0.25, 0.3) is 5.91 Å². The Kier molecular flexibility index (Phi) is 3.10. The highest BCUT2D eigenvalue weighted by atomic mass is 16.2. The summed E-state index contributed by atoms with van der Waals surface area (Å²) in [6.07, 6.45) is 0. The number of nitrogens with zero attached hydrogens (tertiary/aromatic N) is 3. The Morgan fingerprint density at radius 2 is 1.72 bits per heavy atom. The summed E-state index contributed by atoms with van der Waals surface area (Å²) in [6, 6.07) is 8.17. The van der Waals surface area contributed by atoms with Crippen LogP contribution in [0.2, 0.25) is 0 Å². The SMILES string of the molecule is CN1C[C@@H]2[C@@H]3C(=O)N(C)C(=O)[C@@H]3[C@](C)(C1=O)N2C(=O)c1ccccc1. The molecule has 0 saturated carbocycles. The van der Waals surface area contributed by atoms with Gasteiger partial charge in [0, 0.05) is 26.2 Å². The molecule has 0 N–H and O–H groups in total. The van der Waals surface area contributed by atoms with E-state index in [1.165, 1.54) is 16.8 Å². The highest BCUT2D eigenvalue weighted by Crippen LogP contribution is 2.52. The summed E-state index contributed by atoms with van der Waals surface area (Å²) in [6.45, 7) is 1.87. The molecule has 3 heterocycles. The number of imide groups is 1. The topological polar surface area (TPSA) is 78.0 Å². The molecule has 2 bridgehead atoms. The third kappa shape index (κ3) is 1.75. The van der Waals surface area contributed by atoms with Crippen molar-refractivity contribution in [3.63, 3.8) is 0 Å². The van der Waals surface area contributed by atoms with Crippen LogP contribution >= 0.6 is 0 Å². The average molecular weight is 341 g/mol. The van der Waals surface area contributed by atoms with Gasteiger partial charge in [0.1, 0.15) is 5.54 Å². The van der Waals surface area contributed by atoms with Crippen LogP contribution in [0.25, 0.3) is 0 Å². The summed E-state index contributed by atoms with van der Waals surface area (Å²) < 4.78 is 0. The zero-order valence-electron chi connectivity index (χ0n) is 14.3. The molecule has 130 valence electrons. The summed E-state index contributed by atoms with van der Waals surface area (Å²) in [4.78, 5) is 55.6. The van der Waals surface area contributed by atoms with E-state index in [1.807, 2.05) is 0 Å². The minimum absolute atomic E-state index is 0.251. The maximum atomic E-state index is 13.2. The normalized spacial score (nSPS) is 34.0. The van der Waals surface area contributed by atoms with Gasteiger partial charge in [-0.1, -0.05) is 18.2 Å². The van der Waals surface area contributed by atoms with Gasteiger partial charge in [0.05, 0.1) is 17.9 Å². The number of hydrogen-bond donors (Lipinski definition) is 0. The molecule has 25 heavy (non-hydrogen) atoms. The molecule has 0 aromatic heterocycles. The predicted molar refractivity (Wildman–Crippen MR) is 87.2 cm³/mol. The van der Waals surface area contributed by atoms with E-state index in [-0.39, 0.29) is 30.2 Å². The van der Waals surface area contributed by atoms with E-state index in [9.17, 15) is 19.2 Å². The van der Waals surface area contributed by atoms with Gasteiger partial charge in [-0.05, 0) is 19.1 Å². The van der Waals surface area contributed by atoms with Crippen molar-refractivity contribution in [2.75, 3.05) is 20.6 Å². The van der Waals surface area contributed by atoms with E-state index >= 15 is 0 Å². The van der Waals surface area contributed by atoms with Crippen molar-refractivity contribution in [2.45, 2.75) is 18.5 Å². The van der Waals surface area contributed by atoms with Gasteiger partial charge in [0.15, 0.2) is 0 Å². The fourth-order valence-corrected chi connectivity index (χ4v) is 4.73. The van der Waals surface area contributed by atoms with Crippen molar-refractivity contribution in [1.82, 2.24) is 14.7 Å². The second kappa shape index (κ2) is 4.91. The van der Waals surface area contributed by atoms with Crippen LogP contribution < -0.4 is 0 Å². The van der Waals surface area contributed by atoms with E-state index in [2.05, 4.69) is 0 Å². The lowest BCUT2D eigenvalue weighted by Gasteiger charge is -2.46. The number of likely N-dealkylation sites (tertiary alicyclic amines) is 2. The molecule has 1 aromatic carbocycles. The van der Waals surface area contributed by atoms with Gasteiger partial charge in [-0.15, -0.1) is 0 Å².